The van der Waals surface area contributed by atoms with Gasteiger partial charge in [-0.05, 0) is 57.0 Å². The summed E-state index contributed by atoms with van der Waals surface area (Å²) >= 11 is 6.25. The summed E-state index contributed by atoms with van der Waals surface area (Å²) < 4.78 is 49.4. The molecule has 0 aliphatic heterocycles. The number of nitrogens with one attached hydrogen (secondary N) is 1. The van der Waals surface area contributed by atoms with Crippen molar-refractivity contribution in [2.75, 3.05) is 18.0 Å². The highest BCUT2D eigenvalue weighted by Gasteiger charge is 2.35. The van der Waals surface area contributed by atoms with Gasteiger partial charge in [0.15, 0.2) is 0 Å². The van der Waals surface area contributed by atoms with E-state index in [2.05, 4.69) is 5.32 Å². The molecule has 0 radical (unpaired) electrons. The lowest BCUT2D eigenvalue weighted by molar-refractivity contribution is -0.385. The van der Waals surface area contributed by atoms with E-state index in [0.717, 1.165) is 47.4 Å². The summed E-state index contributed by atoms with van der Waals surface area (Å²) in [6, 6.07) is 12.2. The number of rotatable bonds is 12. The van der Waals surface area contributed by atoms with Gasteiger partial charge >= 0.3 is 0 Å². The van der Waals surface area contributed by atoms with Crippen molar-refractivity contribution >= 4 is 44.8 Å². The Balaban J connectivity index is 1.78. The van der Waals surface area contributed by atoms with Gasteiger partial charge in [0.25, 0.3) is 15.7 Å². The number of anilines is 1. The number of carbonyl (C=O) groups is 2. The molecule has 0 spiro atoms. The van der Waals surface area contributed by atoms with Crippen LogP contribution in [0.4, 0.5) is 15.8 Å². The Labute approximate surface area is 272 Å². The van der Waals surface area contributed by atoms with Crippen LogP contribution in [-0.4, -0.2) is 55.8 Å². The minimum atomic E-state index is -4.69. The molecule has 14 heteroatoms. The number of hydrogen-bond donors (Lipinski definition) is 1. The van der Waals surface area contributed by atoms with Crippen molar-refractivity contribution in [3.8, 4) is 5.75 Å². The summed E-state index contributed by atoms with van der Waals surface area (Å²) in [5, 5.41) is 14.8. The third-order valence-corrected chi connectivity index (χ3v) is 10.1. The van der Waals surface area contributed by atoms with Crippen LogP contribution in [0.1, 0.15) is 50.2 Å². The average molecular weight is 675 g/mol. The molecule has 0 aromatic heterocycles. The largest absolute Gasteiger partial charge is 0.495 e. The Kier molecular flexibility index (Phi) is 11.2. The highest BCUT2D eigenvalue weighted by atomic mass is 35.5. The molecule has 11 nitrogen and oxygen atoms in total. The van der Waals surface area contributed by atoms with E-state index in [9.17, 15) is 32.5 Å². The molecule has 0 saturated heterocycles. The molecule has 3 aromatic carbocycles. The Hall–Kier alpha value is -4.23. The van der Waals surface area contributed by atoms with E-state index in [4.69, 9.17) is 16.3 Å². The number of halogens is 2. The summed E-state index contributed by atoms with van der Waals surface area (Å²) in [6.07, 6.45) is 4.58. The number of hydrogen-bond acceptors (Lipinski definition) is 7. The molecule has 0 bridgehead atoms. The van der Waals surface area contributed by atoms with Crippen molar-refractivity contribution in [3.05, 3.63) is 92.7 Å². The number of methoxy groups -OCH3 is 1. The molecule has 1 aliphatic carbocycles. The fraction of sp³-hybridized carbons (Fsp3) is 0.375. The van der Waals surface area contributed by atoms with Crippen molar-refractivity contribution in [2.45, 2.75) is 69.5 Å². The van der Waals surface area contributed by atoms with E-state index < -0.39 is 55.7 Å². The minimum Gasteiger partial charge on any atom is -0.495 e. The third kappa shape index (κ3) is 7.94. The Bertz CT molecular complexity index is 1720. The first-order valence-electron chi connectivity index (χ1n) is 14.8. The zero-order valence-corrected chi connectivity index (χ0v) is 27.3. The molecule has 0 unspecified atom stereocenters. The van der Waals surface area contributed by atoms with Gasteiger partial charge in [-0.2, -0.15) is 0 Å². The number of benzene rings is 3. The molecule has 246 valence electrons. The zero-order valence-electron chi connectivity index (χ0n) is 25.7. The number of aryl methyl sites for hydroxylation is 1. The monoisotopic (exact) mass is 674 g/mol. The van der Waals surface area contributed by atoms with Gasteiger partial charge in [-0.15, -0.1) is 0 Å². The quantitative estimate of drug-likeness (QED) is 0.190. The highest BCUT2D eigenvalue weighted by Crippen LogP contribution is 2.36. The smallest absolute Gasteiger partial charge is 0.273 e. The number of ether oxygens (including phenoxy) is 1. The highest BCUT2D eigenvalue weighted by molar-refractivity contribution is 7.92. The maximum Gasteiger partial charge on any atom is 0.273 e. The number of nitro benzene ring substituents is 1. The molecule has 3 aromatic rings. The predicted octanol–water partition coefficient (Wildman–Crippen LogP) is 5.77. The third-order valence-electron chi connectivity index (χ3n) is 8.07. The van der Waals surface area contributed by atoms with E-state index in [0.29, 0.717) is 0 Å². The summed E-state index contributed by atoms with van der Waals surface area (Å²) in [5.74, 6) is -1.85. The Morgan fingerprint density at radius 2 is 1.80 bits per heavy atom. The van der Waals surface area contributed by atoms with Crippen LogP contribution in [0.3, 0.4) is 0 Å². The lowest BCUT2D eigenvalue weighted by Gasteiger charge is -2.33. The fourth-order valence-electron chi connectivity index (χ4n) is 5.41. The number of nitro groups is 1. The van der Waals surface area contributed by atoms with Crippen molar-refractivity contribution in [2.24, 2.45) is 0 Å². The zero-order chi connectivity index (χ0) is 33.6. The van der Waals surface area contributed by atoms with Gasteiger partial charge < -0.3 is 15.0 Å². The van der Waals surface area contributed by atoms with Crippen LogP contribution in [0, 0.1) is 22.9 Å². The molecule has 1 aliphatic rings. The van der Waals surface area contributed by atoms with Gasteiger partial charge in [0.2, 0.25) is 11.8 Å². The standard InChI is InChI=1S/C32H36ClFN4O7S/c1-21-13-15-26(18-28(21)38(41)42)46(43,44)37(29-17-24(33)14-16-30(29)45-3)20-31(39)36(19-23-9-7-8-12-27(23)34)22(2)32(40)35-25-10-5-4-6-11-25/h7-9,12-18,22,25H,4-6,10-11,19-20H2,1-3H3,(H,35,40)/t22-/m0/s1. The fourth-order valence-corrected chi connectivity index (χ4v) is 7.01. The van der Waals surface area contributed by atoms with Crippen LogP contribution in [0.5, 0.6) is 5.75 Å². The minimum absolute atomic E-state index is 0.0473. The molecular weight excluding hydrogens is 639 g/mol. The van der Waals surface area contributed by atoms with Crippen LogP contribution in [0.25, 0.3) is 0 Å². The second-order valence-electron chi connectivity index (χ2n) is 11.2. The van der Waals surface area contributed by atoms with E-state index in [1.165, 1.54) is 69.5 Å². The Morgan fingerprint density at radius 3 is 2.46 bits per heavy atom. The topological polar surface area (TPSA) is 139 Å². The molecule has 2 amide bonds. The van der Waals surface area contributed by atoms with Gasteiger partial charge in [0.05, 0.1) is 22.6 Å². The van der Waals surface area contributed by atoms with Gasteiger partial charge in [-0.1, -0.05) is 55.1 Å². The molecule has 1 saturated carbocycles. The average Bonchev–Trinajstić information content (AvgIpc) is 3.03. The van der Waals surface area contributed by atoms with Crippen LogP contribution in [0.2, 0.25) is 5.02 Å². The predicted molar refractivity (Wildman–Crippen MR) is 172 cm³/mol. The molecular formula is C32H36ClFN4O7S. The molecule has 0 heterocycles. The second kappa shape index (κ2) is 14.9. The van der Waals surface area contributed by atoms with E-state index >= 15 is 0 Å². The van der Waals surface area contributed by atoms with Gasteiger partial charge in [-0.3, -0.25) is 24.0 Å². The summed E-state index contributed by atoms with van der Waals surface area (Å²) in [4.78, 5) is 39.3. The van der Waals surface area contributed by atoms with Crippen LogP contribution >= 0.6 is 11.6 Å². The molecule has 1 atom stereocenters. The van der Waals surface area contributed by atoms with E-state index in [1.54, 1.807) is 6.07 Å². The first-order chi connectivity index (χ1) is 21.8. The first kappa shape index (κ1) is 34.6. The lowest BCUT2D eigenvalue weighted by Crippen LogP contribution is -2.53. The number of carbonyl (C=O) groups excluding carboxylic acids is 2. The van der Waals surface area contributed by atoms with Gasteiger partial charge in [0.1, 0.15) is 24.2 Å². The maximum absolute atomic E-state index is 14.8. The van der Waals surface area contributed by atoms with Gasteiger partial charge in [-0.25, -0.2) is 12.8 Å². The normalized spacial score (nSPS) is 14.3. The van der Waals surface area contributed by atoms with Crippen molar-refractivity contribution in [3.63, 3.8) is 0 Å². The SMILES string of the molecule is COc1ccc(Cl)cc1N(CC(=O)N(Cc1ccccc1F)[C@@H](C)C(=O)NC1CCCCC1)S(=O)(=O)c1ccc(C)c([N+](=O)[O-])c1. The van der Waals surface area contributed by atoms with Crippen LogP contribution < -0.4 is 14.4 Å². The van der Waals surface area contributed by atoms with Crippen molar-refractivity contribution < 1.29 is 32.1 Å². The second-order valence-corrected chi connectivity index (χ2v) is 13.5. The van der Waals surface area contributed by atoms with Crippen LogP contribution in [-0.2, 0) is 26.2 Å². The van der Waals surface area contributed by atoms with E-state index in [1.807, 2.05) is 0 Å². The number of amides is 2. The molecule has 1 N–H and O–H groups in total. The molecule has 1 fully saturated rings. The van der Waals surface area contributed by atoms with E-state index in [-0.39, 0.29) is 40.2 Å². The van der Waals surface area contributed by atoms with Gasteiger partial charge in [0, 0.05) is 34.8 Å². The molecule has 46 heavy (non-hydrogen) atoms. The first-order valence-corrected chi connectivity index (χ1v) is 16.6. The van der Waals surface area contributed by atoms with Crippen LogP contribution in [0.15, 0.2) is 65.6 Å². The summed E-state index contributed by atoms with van der Waals surface area (Å²) in [5.41, 5.74) is -0.186. The Morgan fingerprint density at radius 1 is 1.11 bits per heavy atom. The maximum atomic E-state index is 14.8. The van der Waals surface area contributed by atoms with Crippen molar-refractivity contribution in [1.82, 2.24) is 10.2 Å². The number of sulfonamides is 1. The molecule has 4 rings (SSSR count). The number of nitrogens with zero attached hydrogens (tertiary/aromatic N) is 3. The lowest BCUT2D eigenvalue weighted by atomic mass is 9.95. The summed E-state index contributed by atoms with van der Waals surface area (Å²) in [6.45, 7) is 1.77. The summed E-state index contributed by atoms with van der Waals surface area (Å²) in [7, 11) is -3.38. The van der Waals surface area contributed by atoms with Crippen molar-refractivity contribution in [1.29, 1.82) is 0 Å².